The van der Waals surface area contributed by atoms with Crippen molar-refractivity contribution < 1.29 is 58.9 Å². The summed E-state index contributed by atoms with van der Waals surface area (Å²) in [5, 5.41) is 6.05. The molecule has 4 rings (SSSR count). The smallest absolute Gasteiger partial charge is 1.00 e. The zero-order chi connectivity index (χ0) is 25.3. The number of rotatable bonds is 7. The second kappa shape index (κ2) is 15.8. The van der Waals surface area contributed by atoms with E-state index in [1.807, 2.05) is 0 Å². The maximum absolute atomic E-state index is 3.64. The summed E-state index contributed by atoms with van der Waals surface area (Å²) in [6, 6.07) is 28.6. The molecule has 0 amide bonds. The minimum absolute atomic E-state index is 0. The third-order valence-electron chi connectivity index (χ3n) is 7.77. The van der Waals surface area contributed by atoms with E-state index in [1.165, 1.54) is 37.8 Å². The molecule has 0 fully saturated rings. The van der Waals surface area contributed by atoms with E-state index in [9.17, 15) is 0 Å². The van der Waals surface area contributed by atoms with Crippen LogP contribution in [0.15, 0.2) is 89.6 Å². The molecule has 0 bridgehead atoms. The van der Waals surface area contributed by atoms with Crippen molar-refractivity contribution in [3.05, 3.63) is 112 Å². The van der Waals surface area contributed by atoms with Crippen molar-refractivity contribution >= 4 is 23.6 Å². The molecule has 0 N–H and O–H groups in total. The van der Waals surface area contributed by atoms with Gasteiger partial charge in [0, 0.05) is 0 Å². The van der Waals surface area contributed by atoms with Gasteiger partial charge in [-0.3, -0.25) is 6.08 Å². The van der Waals surface area contributed by atoms with E-state index in [1.54, 1.807) is 5.20 Å². The van der Waals surface area contributed by atoms with Gasteiger partial charge < -0.3 is 37.2 Å². The molecule has 0 saturated heterocycles. The van der Waals surface area contributed by atoms with E-state index in [4.69, 9.17) is 0 Å². The molecule has 0 aromatic heterocycles. The molecule has 39 heavy (non-hydrogen) atoms. The third-order valence-corrected chi connectivity index (χ3v) is 12.9. The molecule has 0 nitrogen and oxygen atoms in total. The molecule has 0 saturated carbocycles. The zero-order valence-electron chi connectivity index (χ0n) is 24.4. The molecule has 0 spiro atoms. The monoisotopic (exact) mass is 630 g/mol. The van der Waals surface area contributed by atoms with Crippen LogP contribution in [0.1, 0.15) is 89.8 Å². The van der Waals surface area contributed by atoms with Crippen molar-refractivity contribution in [1.82, 2.24) is 0 Å². The van der Waals surface area contributed by atoms with Crippen molar-refractivity contribution in [1.29, 1.82) is 0 Å². The minimum Gasteiger partial charge on any atom is -1.00 e. The molecular formula is C34H41Cl3SiTi. The summed E-state index contributed by atoms with van der Waals surface area (Å²) in [6.45, 7) is 18.5. The zero-order valence-corrected chi connectivity index (χ0v) is 29.3. The SMILES string of the molecule is CC1=C([Si](c2cccc(C(C)C)c2)(c2cccc(C(C)C)c2)c2cccc(C(C)C)c2)C(C)C=[C-]1.[Cl-].[Cl-].[Cl-].[Ti+4]. The van der Waals surface area contributed by atoms with Gasteiger partial charge in [-0.2, -0.15) is 11.3 Å². The Hall–Kier alpha value is -1.06. The summed E-state index contributed by atoms with van der Waals surface area (Å²) >= 11 is 0. The Morgan fingerprint density at radius 1 is 0.615 bits per heavy atom. The number of hydrogen-bond acceptors (Lipinski definition) is 0. The Kier molecular flexibility index (Phi) is 15.4. The topological polar surface area (TPSA) is 0 Å². The Morgan fingerprint density at radius 3 is 1.21 bits per heavy atom. The fraction of sp³-hybridized carbons (Fsp3) is 0.353. The second-order valence-corrected chi connectivity index (χ2v) is 15.0. The molecule has 0 aliphatic heterocycles. The summed E-state index contributed by atoms with van der Waals surface area (Å²) in [5.74, 6) is 1.85. The van der Waals surface area contributed by atoms with Gasteiger partial charge in [0.25, 0.3) is 0 Å². The molecule has 0 heterocycles. The summed E-state index contributed by atoms with van der Waals surface area (Å²) in [6.07, 6.45) is 5.92. The van der Waals surface area contributed by atoms with E-state index < -0.39 is 8.07 Å². The molecular weight excluding hydrogens is 591 g/mol. The predicted molar refractivity (Wildman–Crippen MR) is 156 cm³/mol. The first kappa shape index (κ1) is 37.9. The first-order valence-electron chi connectivity index (χ1n) is 13.3. The Bertz CT molecular complexity index is 1150. The normalized spacial score (nSPS) is 14.6. The molecule has 206 valence electrons. The number of allylic oxidation sites excluding steroid dienone is 4. The molecule has 0 radical (unpaired) electrons. The van der Waals surface area contributed by atoms with Gasteiger partial charge in [0.2, 0.25) is 0 Å². The van der Waals surface area contributed by atoms with Crippen LogP contribution in [0, 0.1) is 12.0 Å². The van der Waals surface area contributed by atoms with Gasteiger partial charge in [0.15, 0.2) is 0 Å². The van der Waals surface area contributed by atoms with Crippen molar-refractivity contribution in [2.24, 2.45) is 5.92 Å². The quantitative estimate of drug-likeness (QED) is 0.168. The summed E-state index contributed by atoms with van der Waals surface area (Å²) in [4.78, 5) is 0. The molecule has 1 aliphatic carbocycles. The number of hydrogen-bond donors (Lipinski definition) is 0. The summed E-state index contributed by atoms with van der Waals surface area (Å²) < 4.78 is 0. The van der Waals surface area contributed by atoms with Crippen LogP contribution in [-0.2, 0) is 21.7 Å². The van der Waals surface area contributed by atoms with E-state index >= 15 is 0 Å². The van der Waals surface area contributed by atoms with Crippen LogP contribution in [0.2, 0.25) is 0 Å². The molecule has 1 aliphatic rings. The van der Waals surface area contributed by atoms with Crippen LogP contribution in [0.25, 0.3) is 0 Å². The van der Waals surface area contributed by atoms with E-state index in [2.05, 4.69) is 140 Å². The first-order valence-corrected chi connectivity index (χ1v) is 15.3. The van der Waals surface area contributed by atoms with Crippen LogP contribution >= 0.6 is 0 Å². The largest absolute Gasteiger partial charge is 4.00 e. The average molecular weight is 632 g/mol. The van der Waals surface area contributed by atoms with Crippen LogP contribution in [0.3, 0.4) is 0 Å². The van der Waals surface area contributed by atoms with Crippen LogP contribution in [-0.4, -0.2) is 8.07 Å². The number of halogens is 3. The maximum atomic E-state index is 3.64. The second-order valence-electron chi connectivity index (χ2n) is 11.2. The van der Waals surface area contributed by atoms with Crippen molar-refractivity contribution in [2.45, 2.75) is 73.1 Å². The maximum Gasteiger partial charge on any atom is 4.00 e. The Morgan fingerprint density at radius 2 is 0.949 bits per heavy atom. The molecule has 1 unspecified atom stereocenters. The van der Waals surface area contributed by atoms with Crippen molar-refractivity contribution in [3.8, 4) is 0 Å². The van der Waals surface area contributed by atoms with Crippen LogP contribution < -0.4 is 52.8 Å². The standard InChI is InChI=1S/C34H41Si.3ClH.Ti/c1-23(2)28-12-9-15-31(20-28)35(34-26(7)18-19-27(34)8,32-16-10-13-29(21-32)24(3)4)33-17-11-14-30(22-33)25(5)6;;;;/h9-18,20-26H,1-8H3;3*1H;/q-1;;;;+4/p-3. The molecule has 5 heteroatoms. The molecule has 3 aromatic rings. The van der Waals surface area contributed by atoms with Crippen molar-refractivity contribution in [2.75, 3.05) is 0 Å². The predicted octanol–water partition coefficient (Wildman–Crippen LogP) is -1.60. The third kappa shape index (κ3) is 7.42. The van der Waals surface area contributed by atoms with Gasteiger partial charge in [-0.05, 0) is 34.4 Å². The fourth-order valence-electron chi connectivity index (χ4n) is 5.73. The summed E-state index contributed by atoms with van der Waals surface area (Å²) in [5.41, 5.74) is 5.57. The van der Waals surface area contributed by atoms with Crippen LogP contribution in [0.5, 0.6) is 0 Å². The van der Waals surface area contributed by atoms with Gasteiger partial charge in [-0.25, -0.2) is 5.57 Å². The van der Waals surface area contributed by atoms with Gasteiger partial charge in [-0.15, -0.1) is 0 Å². The Labute approximate surface area is 272 Å². The van der Waals surface area contributed by atoms with E-state index in [0.29, 0.717) is 23.7 Å². The molecule has 1 atom stereocenters. The van der Waals surface area contributed by atoms with E-state index in [-0.39, 0.29) is 58.9 Å². The van der Waals surface area contributed by atoms with E-state index in [0.717, 1.165) is 0 Å². The van der Waals surface area contributed by atoms with Gasteiger partial charge in [0.05, 0.1) is 8.07 Å². The fourth-order valence-corrected chi connectivity index (χ4v) is 11.3. The minimum atomic E-state index is -2.56. The van der Waals surface area contributed by atoms with Gasteiger partial charge in [0.1, 0.15) is 0 Å². The van der Waals surface area contributed by atoms with Crippen LogP contribution in [0.4, 0.5) is 0 Å². The number of benzene rings is 3. The van der Waals surface area contributed by atoms with Gasteiger partial charge >= 0.3 is 21.7 Å². The Balaban J connectivity index is 0.00000361. The molecule has 3 aromatic carbocycles. The van der Waals surface area contributed by atoms with Crippen molar-refractivity contribution in [3.63, 3.8) is 0 Å². The average Bonchev–Trinajstić information content (AvgIpc) is 3.18. The summed E-state index contributed by atoms with van der Waals surface area (Å²) in [7, 11) is -2.56. The van der Waals surface area contributed by atoms with Gasteiger partial charge in [-0.1, -0.05) is 150 Å². The first-order chi connectivity index (χ1) is 16.7.